The van der Waals surface area contributed by atoms with Gasteiger partial charge in [0.1, 0.15) is 23.0 Å². The van der Waals surface area contributed by atoms with Gasteiger partial charge < -0.3 is 18.1 Å². The molecular weight excluding hydrogens is 774 g/mol. The van der Waals surface area contributed by atoms with E-state index in [0.717, 1.165) is 22.5 Å². The molecule has 0 saturated carbocycles. The quantitative estimate of drug-likeness (QED) is 0.100. The van der Waals surface area contributed by atoms with Crippen LogP contribution in [0.3, 0.4) is 0 Å². The average Bonchev–Trinajstić information content (AvgIpc) is 3.28. The molecule has 0 amide bonds. The lowest BCUT2D eigenvalue weighted by Gasteiger charge is -2.25. The van der Waals surface area contributed by atoms with Gasteiger partial charge in [0.2, 0.25) is 0 Å². The molecule has 6 aromatic carbocycles. The number of para-hydroxylation sites is 4. The van der Waals surface area contributed by atoms with Crippen molar-refractivity contribution < 1.29 is 27.2 Å². The lowest BCUT2D eigenvalue weighted by molar-refractivity contribution is 0.398. The summed E-state index contributed by atoms with van der Waals surface area (Å²) in [5, 5.41) is 0.775. The molecule has 59 heavy (non-hydrogen) atoms. The average molecular weight is 815 g/mol. The fourth-order valence-electron chi connectivity index (χ4n) is 6.42. The molecule has 8 nitrogen and oxygen atoms in total. The highest BCUT2D eigenvalue weighted by molar-refractivity contribution is 7.63. The Bertz CT molecular complexity index is 2490. The van der Waals surface area contributed by atoms with Crippen LogP contribution in [0.25, 0.3) is 22.5 Å². The summed E-state index contributed by atoms with van der Waals surface area (Å²) in [6, 6.07) is 62.3. The maximum Gasteiger partial charge on any atom is 0.462 e. The molecule has 0 saturated heterocycles. The summed E-state index contributed by atoms with van der Waals surface area (Å²) in [5.41, 5.74) is 3.75. The zero-order chi connectivity index (χ0) is 40.7. The predicted octanol–water partition coefficient (Wildman–Crippen LogP) is 12.1. The highest BCUT2D eigenvalue weighted by atomic mass is 31.2. The molecule has 0 aliphatic carbocycles. The lowest BCUT2D eigenvalue weighted by Crippen LogP contribution is -2.22. The topological polar surface area (TPSA) is 96.8 Å². The van der Waals surface area contributed by atoms with Gasteiger partial charge in [-0.2, -0.15) is 0 Å². The van der Waals surface area contributed by atoms with Crippen molar-refractivity contribution in [1.29, 1.82) is 0 Å². The normalized spacial score (nSPS) is 11.7. The Balaban J connectivity index is 1.10. The number of benzene rings is 6. The Kier molecular flexibility index (Phi) is 11.3. The first-order valence-corrected chi connectivity index (χ1v) is 22.1. The molecule has 8 aromatic rings. The molecule has 2 aromatic heterocycles. The highest BCUT2D eigenvalue weighted by Crippen LogP contribution is 2.49. The number of hydrogen-bond acceptors (Lipinski definition) is 8. The van der Waals surface area contributed by atoms with E-state index in [-0.39, 0.29) is 0 Å². The minimum absolute atomic E-state index is 0.388. The third-order valence-electron chi connectivity index (χ3n) is 9.57. The molecule has 0 aliphatic rings. The summed E-state index contributed by atoms with van der Waals surface area (Å²) < 4.78 is 53.8. The van der Waals surface area contributed by atoms with Crippen LogP contribution in [0.15, 0.2) is 206 Å². The zero-order valence-corrected chi connectivity index (χ0v) is 34.2. The van der Waals surface area contributed by atoms with Crippen molar-refractivity contribution in [2.24, 2.45) is 0 Å². The van der Waals surface area contributed by atoms with Crippen LogP contribution in [0.1, 0.15) is 25.2 Å². The van der Waals surface area contributed by atoms with Gasteiger partial charge in [0, 0.05) is 16.5 Å². The molecule has 0 spiro atoms. The van der Waals surface area contributed by atoms with Crippen molar-refractivity contribution in [3.05, 3.63) is 218 Å². The molecule has 0 radical (unpaired) electrons. The first-order valence-electron chi connectivity index (χ1n) is 19.0. The third kappa shape index (κ3) is 9.05. The highest BCUT2D eigenvalue weighted by Gasteiger charge is 2.34. The van der Waals surface area contributed by atoms with Gasteiger partial charge in [0.25, 0.3) is 0 Å². The minimum Gasteiger partial charge on any atom is -0.413 e. The number of pyridine rings is 2. The monoisotopic (exact) mass is 814 g/mol. The van der Waals surface area contributed by atoms with Crippen molar-refractivity contribution in [2.45, 2.75) is 19.3 Å². The van der Waals surface area contributed by atoms with E-state index in [0.29, 0.717) is 45.0 Å². The first kappa shape index (κ1) is 39.1. The van der Waals surface area contributed by atoms with Crippen LogP contribution in [0, 0.1) is 0 Å². The van der Waals surface area contributed by atoms with Gasteiger partial charge in [0.15, 0.2) is 0 Å². The second-order valence-electron chi connectivity index (χ2n) is 14.2. The van der Waals surface area contributed by atoms with Crippen LogP contribution in [0.2, 0.25) is 0 Å². The fourth-order valence-corrected chi connectivity index (χ4v) is 9.64. The van der Waals surface area contributed by atoms with Gasteiger partial charge in [-0.15, -0.1) is 0 Å². The van der Waals surface area contributed by atoms with E-state index in [9.17, 15) is 9.13 Å². The van der Waals surface area contributed by atoms with Crippen molar-refractivity contribution >= 4 is 25.8 Å². The minimum atomic E-state index is -3.91. The van der Waals surface area contributed by atoms with Crippen LogP contribution in [-0.2, 0) is 14.5 Å². The van der Waals surface area contributed by atoms with Gasteiger partial charge >= 0.3 is 15.2 Å². The fraction of sp³-hybridized carbons (Fsp3) is 0.0612. The van der Waals surface area contributed by atoms with Crippen LogP contribution in [0.4, 0.5) is 0 Å². The van der Waals surface area contributed by atoms with Gasteiger partial charge in [-0.1, -0.05) is 109 Å². The summed E-state index contributed by atoms with van der Waals surface area (Å²) in [6.07, 6.45) is 0. The van der Waals surface area contributed by atoms with Crippen LogP contribution < -0.4 is 28.7 Å². The van der Waals surface area contributed by atoms with Crippen molar-refractivity contribution in [2.75, 3.05) is 0 Å². The maximum atomic E-state index is 14.6. The Hall–Kier alpha value is -6.72. The molecule has 0 aliphatic heterocycles. The van der Waals surface area contributed by atoms with E-state index in [2.05, 4.69) is 13.8 Å². The van der Waals surface area contributed by atoms with Crippen LogP contribution in [0.5, 0.6) is 23.0 Å². The smallest absolute Gasteiger partial charge is 0.413 e. The molecule has 10 heteroatoms. The maximum absolute atomic E-state index is 14.6. The van der Waals surface area contributed by atoms with E-state index < -0.39 is 20.6 Å². The second-order valence-corrected chi connectivity index (χ2v) is 17.9. The Morgan fingerprint density at radius 2 is 0.678 bits per heavy atom. The second kappa shape index (κ2) is 17.0. The Morgan fingerprint density at radius 3 is 1.00 bits per heavy atom. The van der Waals surface area contributed by atoms with Crippen LogP contribution >= 0.6 is 15.2 Å². The molecule has 292 valence electrons. The van der Waals surface area contributed by atoms with Crippen LogP contribution in [-0.4, -0.2) is 9.97 Å². The lowest BCUT2D eigenvalue weighted by atomic mass is 9.84. The number of nitrogens with zero attached hydrogens (tertiary/aromatic N) is 2. The van der Waals surface area contributed by atoms with E-state index in [4.69, 9.17) is 28.1 Å². The number of rotatable bonds is 14. The van der Waals surface area contributed by atoms with E-state index in [1.54, 1.807) is 72.8 Å². The van der Waals surface area contributed by atoms with Crippen molar-refractivity contribution in [3.8, 4) is 45.5 Å². The molecule has 0 atom stereocenters. The van der Waals surface area contributed by atoms with Gasteiger partial charge in [0.05, 0.1) is 33.4 Å². The van der Waals surface area contributed by atoms with Crippen molar-refractivity contribution in [3.63, 3.8) is 0 Å². The molecular formula is C49H40N2O6P2. The van der Waals surface area contributed by atoms with E-state index >= 15 is 0 Å². The van der Waals surface area contributed by atoms with Crippen molar-refractivity contribution in [1.82, 2.24) is 9.97 Å². The van der Waals surface area contributed by atoms with E-state index in [1.165, 1.54) is 0 Å². The van der Waals surface area contributed by atoms with E-state index in [1.807, 2.05) is 133 Å². The molecule has 2 heterocycles. The SMILES string of the molecule is CC(C)(c1cccc(-c2cccc(P(=O)(Oc3ccccc3)Oc3ccccc3)c2)n1)c1cccc(-c2cccc(P(=O)(Oc3ccccc3)Oc3ccccc3)c2)n1. The summed E-state index contributed by atoms with van der Waals surface area (Å²) in [5.74, 6) is 1.71. The molecule has 0 bridgehead atoms. The zero-order valence-electron chi connectivity index (χ0n) is 32.4. The summed E-state index contributed by atoms with van der Waals surface area (Å²) >= 11 is 0. The summed E-state index contributed by atoms with van der Waals surface area (Å²) in [6.45, 7) is 4.15. The number of aromatic nitrogens is 2. The largest absolute Gasteiger partial charge is 0.462 e. The predicted molar refractivity (Wildman–Crippen MR) is 234 cm³/mol. The Morgan fingerprint density at radius 1 is 0.373 bits per heavy atom. The van der Waals surface area contributed by atoms with Gasteiger partial charge in [-0.25, -0.2) is 9.13 Å². The first-order chi connectivity index (χ1) is 28.7. The molecule has 0 fully saturated rings. The molecule has 8 rings (SSSR count). The van der Waals surface area contributed by atoms with Gasteiger partial charge in [-0.3, -0.25) is 9.97 Å². The summed E-state index contributed by atoms with van der Waals surface area (Å²) in [4.78, 5) is 10.3. The van der Waals surface area contributed by atoms with Gasteiger partial charge in [-0.05, 0) is 111 Å². The molecule has 0 N–H and O–H groups in total. The standard InChI is InChI=1S/C49H40N2O6P2/c1-49(2,47-33-17-31-45(50-47)37-19-15-29-43(35-37)58(52,54-39-21-7-3-8-22-39)55-40-23-9-4-10-24-40)48-34-18-32-46(51-48)38-20-16-30-44(36-38)59(53,56-41-25-11-5-12-26-41)57-42-27-13-6-14-28-42/h3-36H,1-2H3. The third-order valence-corrected chi connectivity index (χ3v) is 13.2. The molecule has 0 unspecified atom stereocenters. The Labute approximate surface area is 344 Å². The summed E-state index contributed by atoms with van der Waals surface area (Å²) in [7, 11) is -7.82. The number of hydrogen-bond donors (Lipinski definition) is 0.